The second-order valence-electron chi connectivity index (χ2n) is 7.25. The van der Waals surface area contributed by atoms with E-state index in [9.17, 15) is 0 Å². The number of nitrogens with zero attached hydrogens (tertiary/aromatic N) is 3. The summed E-state index contributed by atoms with van der Waals surface area (Å²) in [5, 5.41) is 1.12. The molecule has 5 heteroatoms. The lowest BCUT2D eigenvalue weighted by Gasteiger charge is -2.21. The van der Waals surface area contributed by atoms with Crippen molar-refractivity contribution in [3.8, 4) is 16.3 Å². The van der Waals surface area contributed by atoms with Crippen LogP contribution in [0.1, 0.15) is 16.9 Å². The van der Waals surface area contributed by atoms with Gasteiger partial charge in [-0.25, -0.2) is 4.98 Å². The third kappa shape index (κ3) is 4.98. The van der Waals surface area contributed by atoms with E-state index in [0.717, 1.165) is 50.0 Å². The van der Waals surface area contributed by atoms with Crippen molar-refractivity contribution < 1.29 is 4.74 Å². The predicted molar refractivity (Wildman–Crippen MR) is 116 cm³/mol. The molecule has 1 aromatic heterocycles. The maximum absolute atomic E-state index is 5.26. The molecule has 0 radical (unpaired) electrons. The first-order valence-electron chi connectivity index (χ1n) is 9.88. The molecule has 0 spiro atoms. The van der Waals surface area contributed by atoms with E-state index in [1.165, 1.54) is 22.4 Å². The molecule has 0 bridgehead atoms. The van der Waals surface area contributed by atoms with Crippen LogP contribution in [0.3, 0.4) is 0 Å². The first kappa shape index (κ1) is 19.1. The molecule has 0 saturated carbocycles. The third-order valence-corrected chi connectivity index (χ3v) is 6.23. The van der Waals surface area contributed by atoms with Gasteiger partial charge in [-0.05, 0) is 37.2 Å². The van der Waals surface area contributed by atoms with Gasteiger partial charge in [0, 0.05) is 42.8 Å². The van der Waals surface area contributed by atoms with Gasteiger partial charge in [0.1, 0.15) is 10.8 Å². The topological polar surface area (TPSA) is 28.6 Å². The molecule has 2 heterocycles. The Hall–Kier alpha value is -2.21. The highest BCUT2D eigenvalue weighted by atomic mass is 32.1. The van der Waals surface area contributed by atoms with Crippen LogP contribution in [-0.2, 0) is 13.1 Å². The van der Waals surface area contributed by atoms with E-state index in [0.29, 0.717) is 0 Å². The minimum Gasteiger partial charge on any atom is -0.497 e. The molecular formula is C23H27N3OS. The first-order chi connectivity index (χ1) is 13.8. The van der Waals surface area contributed by atoms with Gasteiger partial charge < -0.3 is 4.74 Å². The zero-order valence-corrected chi connectivity index (χ0v) is 17.2. The van der Waals surface area contributed by atoms with Crippen LogP contribution in [0, 0.1) is 0 Å². The zero-order chi connectivity index (χ0) is 19.2. The van der Waals surface area contributed by atoms with Crippen LogP contribution in [0.5, 0.6) is 5.75 Å². The monoisotopic (exact) mass is 393 g/mol. The van der Waals surface area contributed by atoms with Crippen LogP contribution in [0.25, 0.3) is 10.6 Å². The lowest BCUT2D eigenvalue weighted by Crippen LogP contribution is -2.30. The van der Waals surface area contributed by atoms with Gasteiger partial charge in [0.05, 0.1) is 7.11 Å². The van der Waals surface area contributed by atoms with Crippen LogP contribution >= 0.6 is 11.3 Å². The molecule has 28 heavy (non-hydrogen) atoms. The fourth-order valence-corrected chi connectivity index (χ4v) is 4.61. The molecule has 1 aliphatic heterocycles. The minimum absolute atomic E-state index is 0.922. The predicted octanol–water partition coefficient (Wildman–Crippen LogP) is 4.53. The quantitative estimate of drug-likeness (QED) is 0.615. The number of thiazole rings is 1. The zero-order valence-electron chi connectivity index (χ0n) is 16.4. The molecule has 0 unspecified atom stereocenters. The highest BCUT2D eigenvalue weighted by Gasteiger charge is 2.16. The van der Waals surface area contributed by atoms with Crippen LogP contribution in [0.2, 0.25) is 0 Å². The Balaban J connectivity index is 1.31. The van der Waals surface area contributed by atoms with Crippen LogP contribution in [-0.4, -0.2) is 48.1 Å². The molecule has 0 atom stereocenters. The van der Waals surface area contributed by atoms with E-state index in [1.807, 2.05) is 35.7 Å². The Morgan fingerprint density at radius 3 is 2.32 bits per heavy atom. The van der Waals surface area contributed by atoms with Gasteiger partial charge in [-0.2, -0.15) is 0 Å². The van der Waals surface area contributed by atoms with E-state index in [-0.39, 0.29) is 0 Å². The van der Waals surface area contributed by atoms with Gasteiger partial charge in [0.2, 0.25) is 0 Å². The second kappa shape index (κ2) is 9.32. The SMILES string of the molecule is COc1ccc(CN2CCCN(Cc3cnc(-c4ccccc4)s3)CC2)cc1. The van der Waals surface area contributed by atoms with Gasteiger partial charge >= 0.3 is 0 Å². The van der Waals surface area contributed by atoms with Crippen molar-refractivity contribution in [3.63, 3.8) is 0 Å². The fraction of sp³-hybridized carbons (Fsp3) is 0.348. The van der Waals surface area contributed by atoms with Gasteiger partial charge in [0.15, 0.2) is 0 Å². The summed E-state index contributed by atoms with van der Waals surface area (Å²) >= 11 is 1.82. The number of hydrogen-bond acceptors (Lipinski definition) is 5. The summed E-state index contributed by atoms with van der Waals surface area (Å²) in [6, 6.07) is 18.9. The number of methoxy groups -OCH3 is 1. The lowest BCUT2D eigenvalue weighted by molar-refractivity contribution is 0.248. The molecule has 1 saturated heterocycles. The average molecular weight is 394 g/mol. The molecular weight excluding hydrogens is 366 g/mol. The lowest BCUT2D eigenvalue weighted by atomic mass is 10.2. The van der Waals surface area contributed by atoms with Gasteiger partial charge in [0.25, 0.3) is 0 Å². The maximum Gasteiger partial charge on any atom is 0.123 e. The van der Waals surface area contributed by atoms with Gasteiger partial charge in [-0.15, -0.1) is 11.3 Å². The summed E-state index contributed by atoms with van der Waals surface area (Å²) in [4.78, 5) is 11.1. The van der Waals surface area contributed by atoms with E-state index < -0.39 is 0 Å². The van der Waals surface area contributed by atoms with Crippen LogP contribution in [0.4, 0.5) is 0 Å². The van der Waals surface area contributed by atoms with Crippen LogP contribution in [0.15, 0.2) is 60.8 Å². The summed E-state index contributed by atoms with van der Waals surface area (Å²) in [5.41, 5.74) is 2.56. The van der Waals surface area contributed by atoms with E-state index in [1.54, 1.807) is 7.11 Å². The molecule has 1 fully saturated rings. The highest BCUT2D eigenvalue weighted by molar-refractivity contribution is 7.15. The van der Waals surface area contributed by atoms with Crippen molar-refractivity contribution in [1.82, 2.24) is 14.8 Å². The molecule has 0 aliphatic carbocycles. The van der Waals surface area contributed by atoms with Crippen LogP contribution < -0.4 is 4.74 Å². The Labute approximate surface area is 171 Å². The highest BCUT2D eigenvalue weighted by Crippen LogP contribution is 2.26. The minimum atomic E-state index is 0.922. The molecule has 1 aliphatic rings. The molecule has 2 aromatic carbocycles. The van der Waals surface area contributed by atoms with E-state index in [4.69, 9.17) is 4.74 Å². The van der Waals surface area contributed by atoms with Crippen molar-refractivity contribution in [2.45, 2.75) is 19.5 Å². The van der Waals surface area contributed by atoms with E-state index >= 15 is 0 Å². The van der Waals surface area contributed by atoms with Crippen molar-refractivity contribution >= 4 is 11.3 Å². The second-order valence-corrected chi connectivity index (χ2v) is 8.37. The number of aromatic nitrogens is 1. The van der Waals surface area contributed by atoms with E-state index in [2.05, 4.69) is 51.2 Å². The summed E-state index contributed by atoms with van der Waals surface area (Å²) in [7, 11) is 1.71. The first-order valence-corrected chi connectivity index (χ1v) is 10.7. The molecule has 146 valence electrons. The van der Waals surface area contributed by atoms with Gasteiger partial charge in [-0.1, -0.05) is 42.5 Å². The third-order valence-electron chi connectivity index (χ3n) is 5.20. The smallest absolute Gasteiger partial charge is 0.123 e. The summed E-state index contributed by atoms with van der Waals surface area (Å²) in [6.07, 6.45) is 3.26. The number of benzene rings is 2. The van der Waals surface area contributed by atoms with Crippen molar-refractivity contribution in [1.29, 1.82) is 0 Å². The Bertz CT molecular complexity index is 863. The van der Waals surface area contributed by atoms with Crippen molar-refractivity contribution in [2.75, 3.05) is 33.3 Å². The molecule has 0 amide bonds. The summed E-state index contributed by atoms with van der Waals surface area (Å²) < 4.78 is 5.26. The normalized spacial score (nSPS) is 16.0. The van der Waals surface area contributed by atoms with Gasteiger partial charge in [-0.3, -0.25) is 9.80 Å². The van der Waals surface area contributed by atoms with Crippen molar-refractivity contribution in [2.24, 2.45) is 0 Å². The number of rotatable bonds is 6. The largest absolute Gasteiger partial charge is 0.497 e. The standard InChI is InChI=1S/C23H27N3OS/c1-27-21-10-8-19(9-11-21)17-25-12-5-13-26(15-14-25)18-22-16-24-23(28-22)20-6-3-2-4-7-20/h2-4,6-11,16H,5,12-15,17-18H2,1H3. The molecule has 0 N–H and O–H groups in total. The molecule has 4 rings (SSSR count). The Morgan fingerprint density at radius 1 is 0.893 bits per heavy atom. The molecule has 4 nitrogen and oxygen atoms in total. The maximum atomic E-state index is 5.26. The number of hydrogen-bond donors (Lipinski definition) is 0. The Kier molecular flexibility index (Phi) is 6.37. The van der Waals surface area contributed by atoms with Crippen molar-refractivity contribution in [3.05, 3.63) is 71.2 Å². The average Bonchev–Trinajstić information content (AvgIpc) is 3.10. The number of ether oxygens (including phenoxy) is 1. The fourth-order valence-electron chi connectivity index (χ4n) is 3.64. The summed E-state index contributed by atoms with van der Waals surface area (Å²) in [5.74, 6) is 0.922. The summed E-state index contributed by atoms with van der Waals surface area (Å²) in [6.45, 7) is 6.53. The molecule has 3 aromatic rings. The Morgan fingerprint density at radius 2 is 1.61 bits per heavy atom.